The molecule has 16 heavy (non-hydrogen) atoms. The first kappa shape index (κ1) is 12.3. The van der Waals surface area contributed by atoms with Gasteiger partial charge in [-0.05, 0) is 24.6 Å². The number of nitriles is 1. The van der Waals surface area contributed by atoms with E-state index in [1.54, 1.807) is 31.2 Å². The van der Waals surface area contributed by atoms with Crippen LogP contribution >= 0.6 is 11.6 Å². The number of nitrogens with zero attached hydrogens (tertiary/aromatic N) is 1. The molecular formula is C12H10ClNO2. The second-order valence-electron chi connectivity index (χ2n) is 2.93. The lowest BCUT2D eigenvalue weighted by Gasteiger charge is -1.99. The van der Waals surface area contributed by atoms with Gasteiger partial charge in [-0.15, -0.1) is 0 Å². The van der Waals surface area contributed by atoms with Crippen molar-refractivity contribution in [3.05, 3.63) is 40.9 Å². The maximum Gasteiger partial charge on any atom is 0.332 e. The number of rotatable bonds is 3. The molecule has 1 aromatic rings. The zero-order valence-electron chi connectivity index (χ0n) is 8.74. The molecule has 0 spiro atoms. The third-order valence-corrected chi connectivity index (χ3v) is 2.08. The van der Waals surface area contributed by atoms with Gasteiger partial charge in [0.05, 0.1) is 12.2 Å². The highest BCUT2D eigenvalue weighted by Crippen LogP contribution is 2.16. The smallest absolute Gasteiger partial charge is 0.332 e. The molecule has 0 aromatic heterocycles. The lowest BCUT2D eigenvalue weighted by atomic mass is 10.1. The number of ether oxygens (including phenoxy) is 1. The van der Waals surface area contributed by atoms with Gasteiger partial charge in [0.2, 0.25) is 0 Å². The molecule has 1 rings (SSSR count). The lowest BCUT2D eigenvalue weighted by Crippen LogP contribution is -2.00. The molecule has 4 heteroatoms. The first-order valence-electron chi connectivity index (χ1n) is 4.72. The van der Waals surface area contributed by atoms with Crippen LogP contribution in [-0.2, 0) is 9.53 Å². The van der Waals surface area contributed by atoms with Crippen molar-refractivity contribution >= 4 is 23.1 Å². The summed E-state index contributed by atoms with van der Waals surface area (Å²) in [7, 11) is 0. The van der Waals surface area contributed by atoms with Gasteiger partial charge in [-0.3, -0.25) is 0 Å². The summed E-state index contributed by atoms with van der Waals surface area (Å²) >= 11 is 5.72. The van der Waals surface area contributed by atoms with Crippen molar-refractivity contribution in [3.63, 3.8) is 0 Å². The van der Waals surface area contributed by atoms with Crippen LogP contribution in [0.15, 0.2) is 30.3 Å². The van der Waals surface area contributed by atoms with Crippen molar-refractivity contribution in [2.75, 3.05) is 6.61 Å². The van der Waals surface area contributed by atoms with Crippen molar-refractivity contribution in [2.24, 2.45) is 0 Å². The fraction of sp³-hybridized carbons (Fsp3) is 0.167. The highest BCUT2D eigenvalue weighted by Gasteiger charge is 2.04. The third-order valence-electron chi connectivity index (χ3n) is 1.82. The van der Waals surface area contributed by atoms with Crippen LogP contribution in [0.5, 0.6) is 0 Å². The molecule has 0 fully saturated rings. The molecule has 0 bridgehead atoms. The zero-order valence-corrected chi connectivity index (χ0v) is 9.49. The van der Waals surface area contributed by atoms with Crippen LogP contribution in [0.3, 0.4) is 0 Å². The van der Waals surface area contributed by atoms with E-state index in [-0.39, 0.29) is 12.2 Å². The van der Waals surface area contributed by atoms with Crippen LogP contribution < -0.4 is 0 Å². The molecule has 0 heterocycles. The minimum absolute atomic E-state index is 0.259. The highest BCUT2D eigenvalue weighted by atomic mass is 35.5. The monoisotopic (exact) mass is 235 g/mol. The molecule has 1 aromatic carbocycles. The van der Waals surface area contributed by atoms with Gasteiger partial charge in [0.1, 0.15) is 6.07 Å². The summed E-state index contributed by atoms with van der Waals surface area (Å²) in [6.07, 6.45) is 1.17. The molecule has 0 aliphatic rings. The van der Waals surface area contributed by atoms with Crippen molar-refractivity contribution in [1.82, 2.24) is 0 Å². The number of hydrogen-bond acceptors (Lipinski definition) is 3. The number of allylic oxidation sites excluding steroid dienone is 1. The Morgan fingerprint density at radius 3 is 2.62 bits per heavy atom. The summed E-state index contributed by atoms with van der Waals surface area (Å²) in [4.78, 5) is 11.2. The van der Waals surface area contributed by atoms with Gasteiger partial charge in [-0.1, -0.05) is 23.7 Å². The van der Waals surface area contributed by atoms with Gasteiger partial charge in [-0.25, -0.2) is 4.79 Å². The second kappa shape index (κ2) is 5.94. The summed E-state index contributed by atoms with van der Waals surface area (Å²) < 4.78 is 4.73. The minimum atomic E-state index is -0.519. The van der Waals surface area contributed by atoms with E-state index in [1.165, 1.54) is 6.08 Å². The van der Waals surface area contributed by atoms with Crippen LogP contribution in [0.25, 0.3) is 5.57 Å². The maximum atomic E-state index is 11.2. The van der Waals surface area contributed by atoms with Crippen molar-refractivity contribution < 1.29 is 9.53 Å². The molecule has 0 unspecified atom stereocenters. The van der Waals surface area contributed by atoms with E-state index in [4.69, 9.17) is 21.6 Å². The zero-order chi connectivity index (χ0) is 12.0. The summed E-state index contributed by atoms with van der Waals surface area (Å²) in [5.74, 6) is -0.519. The van der Waals surface area contributed by atoms with E-state index >= 15 is 0 Å². The molecule has 0 saturated heterocycles. The highest BCUT2D eigenvalue weighted by molar-refractivity contribution is 6.30. The van der Waals surface area contributed by atoms with Gasteiger partial charge < -0.3 is 4.74 Å². The largest absolute Gasteiger partial charge is 0.463 e. The predicted molar refractivity (Wildman–Crippen MR) is 61.7 cm³/mol. The minimum Gasteiger partial charge on any atom is -0.463 e. The van der Waals surface area contributed by atoms with E-state index in [0.717, 1.165) is 0 Å². The number of carbonyl (C=O) groups excluding carboxylic acids is 1. The number of hydrogen-bond donors (Lipinski definition) is 0. The number of halogens is 1. The summed E-state index contributed by atoms with van der Waals surface area (Å²) in [5.41, 5.74) is 0.898. The molecule has 3 nitrogen and oxygen atoms in total. The van der Waals surface area contributed by atoms with Gasteiger partial charge >= 0.3 is 5.97 Å². The van der Waals surface area contributed by atoms with Gasteiger partial charge in [0.25, 0.3) is 0 Å². The molecular weight excluding hydrogens is 226 g/mol. The lowest BCUT2D eigenvalue weighted by molar-refractivity contribution is -0.137. The van der Waals surface area contributed by atoms with E-state index in [9.17, 15) is 4.79 Å². The topological polar surface area (TPSA) is 50.1 Å². The Bertz CT molecular complexity index is 443. The summed E-state index contributed by atoms with van der Waals surface area (Å²) in [5, 5.41) is 9.49. The Balaban J connectivity index is 2.95. The van der Waals surface area contributed by atoms with Crippen LogP contribution in [0.2, 0.25) is 5.02 Å². The van der Waals surface area contributed by atoms with Crippen molar-refractivity contribution in [2.45, 2.75) is 6.92 Å². The SMILES string of the molecule is CCOC(=O)/C=C(/C#N)c1ccc(Cl)cc1. The fourth-order valence-electron chi connectivity index (χ4n) is 1.11. The number of benzene rings is 1. The molecule has 0 N–H and O–H groups in total. The van der Waals surface area contributed by atoms with E-state index in [0.29, 0.717) is 10.6 Å². The van der Waals surface area contributed by atoms with Crippen LogP contribution in [0, 0.1) is 11.3 Å². The molecule has 0 amide bonds. The van der Waals surface area contributed by atoms with Crippen LogP contribution in [-0.4, -0.2) is 12.6 Å². The molecule has 0 radical (unpaired) electrons. The van der Waals surface area contributed by atoms with Gasteiger partial charge in [0, 0.05) is 11.1 Å². The van der Waals surface area contributed by atoms with Crippen molar-refractivity contribution in [1.29, 1.82) is 5.26 Å². The molecule has 0 aliphatic heterocycles. The Labute approximate surface area is 98.9 Å². The predicted octanol–water partition coefficient (Wildman–Crippen LogP) is 2.81. The molecule has 0 saturated carbocycles. The molecule has 82 valence electrons. The molecule has 0 aliphatic carbocycles. The van der Waals surface area contributed by atoms with Crippen LogP contribution in [0.1, 0.15) is 12.5 Å². The fourth-order valence-corrected chi connectivity index (χ4v) is 1.24. The van der Waals surface area contributed by atoms with Crippen molar-refractivity contribution in [3.8, 4) is 6.07 Å². The quantitative estimate of drug-likeness (QED) is 0.460. The average molecular weight is 236 g/mol. The summed E-state index contributed by atoms with van der Waals surface area (Å²) in [6, 6.07) is 8.62. The number of carbonyl (C=O) groups is 1. The first-order valence-corrected chi connectivity index (χ1v) is 5.09. The first-order chi connectivity index (χ1) is 7.67. The normalized spacial score (nSPS) is 10.7. The van der Waals surface area contributed by atoms with Gasteiger partial charge in [-0.2, -0.15) is 5.26 Å². The third kappa shape index (κ3) is 3.41. The number of esters is 1. The Morgan fingerprint density at radius 1 is 1.50 bits per heavy atom. The van der Waals surface area contributed by atoms with Crippen LogP contribution in [0.4, 0.5) is 0 Å². The Morgan fingerprint density at radius 2 is 2.12 bits per heavy atom. The summed E-state index contributed by atoms with van der Waals surface area (Å²) in [6.45, 7) is 1.99. The van der Waals surface area contributed by atoms with Gasteiger partial charge in [0.15, 0.2) is 0 Å². The Kier molecular flexibility index (Phi) is 4.56. The molecule has 0 atom stereocenters. The Hall–Kier alpha value is -1.79. The average Bonchev–Trinajstić information content (AvgIpc) is 2.27. The standard InChI is InChI=1S/C12H10ClNO2/c1-2-16-12(15)7-10(8-14)9-3-5-11(13)6-4-9/h3-7H,2H2,1H3/b10-7-. The maximum absolute atomic E-state index is 11.2. The van der Waals surface area contributed by atoms with E-state index < -0.39 is 5.97 Å². The second-order valence-corrected chi connectivity index (χ2v) is 3.37. The van der Waals surface area contributed by atoms with E-state index in [2.05, 4.69) is 0 Å². The van der Waals surface area contributed by atoms with E-state index in [1.807, 2.05) is 6.07 Å².